The molecule has 2 aliphatic rings. The highest BCUT2D eigenvalue weighted by Crippen LogP contribution is 2.36. The Hall–Kier alpha value is -3.09. The number of ether oxygens (including phenoxy) is 1. The normalized spacial score (nSPS) is 19.2. The molecule has 0 radical (unpaired) electrons. The number of fused-ring (bicyclic) bond motifs is 1. The van der Waals surface area contributed by atoms with Gasteiger partial charge in [0.05, 0.1) is 5.56 Å². The number of H-pyrrole nitrogens is 1. The second-order valence-electron chi connectivity index (χ2n) is 7.43. The zero-order valence-electron chi connectivity index (χ0n) is 15.6. The molecule has 7 heteroatoms. The minimum atomic E-state index is -0.835. The van der Waals surface area contributed by atoms with Crippen LogP contribution in [0.1, 0.15) is 83.0 Å². The molecule has 2 aromatic rings. The van der Waals surface area contributed by atoms with Crippen molar-refractivity contribution in [3.63, 3.8) is 0 Å². The van der Waals surface area contributed by atoms with Crippen LogP contribution in [0.4, 0.5) is 5.69 Å². The minimum absolute atomic E-state index is 0.108. The molecule has 3 N–H and O–H groups in total. The summed E-state index contributed by atoms with van der Waals surface area (Å²) in [6, 6.07) is 7.59. The molecule has 1 aliphatic heterocycles. The lowest BCUT2D eigenvalue weighted by atomic mass is 9.84. The Morgan fingerprint density at radius 2 is 1.82 bits per heavy atom. The number of carbonyl (C=O) groups is 2. The largest absolute Gasteiger partial charge is 0.506 e. The Morgan fingerprint density at radius 1 is 1.14 bits per heavy atom. The van der Waals surface area contributed by atoms with E-state index >= 15 is 0 Å². The number of aromatic nitrogens is 1. The Bertz CT molecular complexity index is 987. The first-order valence-corrected chi connectivity index (χ1v) is 9.57. The summed E-state index contributed by atoms with van der Waals surface area (Å²) in [4.78, 5) is 38.9. The average molecular weight is 382 g/mol. The van der Waals surface area contributed by atoms with Crippen LogP contribution in [-0.4, -0.2) is 22.0 Å². The molecule has 7 nitrogen and oxygen atoms in total. The summed E-state index contributed by atoms with van der Waals surface area (Å²) < 4.78 is 4.99. The molecule has 1 amide bonds. The summed E-state index contributed by atoms with van der Waals surface area (Å²) in [6.45, 7) is 1.56. The molecule has 1 aliphatic carbocycles. The van der Waals surface area contributed by atoms with Gasteiger partial charge < -0.3 is 20.1 Å². The van der Waals surface area contributed by atoms with Crippen LogP contribution < -0.4 is 10.9 Å². The number of aromatic amines is 1. The number of amides is 1. The van der Waals surface area contributed by atoms with Gasteiger partial charge in [-0.25, -0.2) is 4.79 Å². The molecule has 0 saturated heterocycles. The van der Waals surface area contributed by atoms with E-state index in [0.717, 1.165) is 0 Å². The quantitative estimate of drug-likeness (QED) is 0.703. The number of benzene rings is 1. The van der Waals surface area contributed by atoms with Crippen molar-refractivity contribution in [1.29, 1.82) is 0 Å². The van der Waals surface area contributed by atoms with Crippen molar-refractivity contribution in [1.82, 2.24) is 4.98 Å². The minimum Gasteiger partial charge on any atom is -0.506 e. The van der Waals surface area contributed by atoms with Crippen LogP contribution in [0.3, 0.4) is 0 Å². The van der Waals surface area contributed by atoms with E-state index in [2.05, 4.69) is 10.3 Å². The van der Waals surface area contributed by atoms with E-state index in [-0.39, 0.29) is 11.3 Å². The zero-order chi connectivity index (χ0) is 19.8. The summed E-state index contributed by atoms with van der Waals surface area (Å²) >= 11 is 0. The standard InChI is InChI=1S/C21H22N2O5/c1-11-15-17(21(27)28-11)23-20(26)16(18(15)24)19(25)22-14-9-7-13(8-10-14)12-5-3-2-4-6-12/h7-12H,2-6H2,1H3,(H,22,25)(H2,23,24,26). The maximum absolute atomic E-state index is 12.6. The van der Waals surface area contributed by atoms with Gasteiger partial charge in [0.2, 0.25) is 0 Å². The topological polar surface area (TPSA) is 108 Å². The number of esters is 1. The van der Waals surface area contributed by atoms with E-state index in [1.807, 2.05) is 12.1 Å². The number of hydrogen-bond acceptors (Lipinski definition) is 5. The summed E-state index contributed by atoms with van der Waals surface area (Å²) in [5, 5.41) is 13.1. The van der Waals surface area contributed by atoms with Crippen LogP contribution in [0, 0.1) is 0 Å². The van der Waals surface area contributed by atoms with Gasteiger partial charge in [-0.1, -0.05) is 31.4 Å². The number of pyridine rings is 1. The number of aromatic hydroxyl groups is 1. The highest BCUT2D eigenvalue weighted by Gasteiger charge is 2.35. The summed E-state index contributed by atoms with van der Waals surface area (Å²) in [7, 11) is 0. The first-order valence-electron chi connectivity index (χ1n) is 9.57. The maximum Gasteiger partial charge on any atom is 0.356 e. The van der Waals surface area contributed by atoms with Gasteiger partial charge in [-0.15, -0.1) is 0 Å². The number of rotatable bonds is 3. The second-order valence-corrected chi connectivity index (χ2v) is 7.43. The molecule has 4 rings (SSSR count). The van der Waals surface area contributed by atoms with Crippen LogP contribution in [0.15, 0.2) is 29.1 Å². The molecule has 2 heterocycles. The van der Waals surface area contributed by atoms with Crippen LogP contribution in [-0.2, 0) is 4.74 Å². The van der Waals surface area contributed by atoms with Gasteiger partial charge in [0.25, 0.3) is 11.5 Å². The SMILES string of the molecule is CC1OC(=O)c2[nH]c(=O)c(C(=O)Nc3ccc(C4CCCCC4)cc3)c(O)c21. The molecule has 28 heavy (non-hydrogen) atoms. The van der Waals surface area contributed by atoms with E-state index in [1.165, 1.54) is 37.7 Å². The molecule has 0 spiro atoms. The third-order valence-electron chi connectivity index (χ3n) is 5.59. The van der Waals surface area contributed by atoms with Gasteiger partial charge in [-0.2, -0.15) is 0 Å². The molecule has 1 saturated carbocycles. The van der Waals surface area contributed by atoms with Crippen molar-refractivity contribution in [2.75, 3.05) is 5.32 Å². The molecule has 1 atom stereocenters. The molecule has 1 aromatic carbocycles. The van der Waals surface area contributed by atoms with Gasteiger partial charge >= 0.3 is 5.97 Å². The lowest BCUT2D eigenvalue weighted by molar-refractivity contribution is 0.0416. The predicted molar refractivity (Wildman–Crippen MR) is 103 cm³/mol. The average Bonchev–Trinajstić information content (AvgIpc) is 2.96. The molecule has 1 fully saturated rings. The van der Waals surface area contributed by atoms with Crippen molar-refractivity contribution in [3.8, 4) is 5.75 Å². The fourth-order valence-electron chi connectivity index (χ4n) is 4.12. The maximum atomic E-state index is 12.6. The van der Waals surface area contributed by atoms with E-state index < -0.39 is 34.9 Å². The predicted octanol–water partition coefficient (Wildman–Crippen LogP) is 3.61. The highest BCUT2D eigenvalue weighted by molar-refractivity contribution is 6.07. The molecule has 146 valence electrons. The lowest BCUT2D eigenvalue weighted by Crippen LogP contribution is -2.25. The molecular weight excluding hydrogens is 360 g/mol. The Morgan fingerprint density at radius 3 is 2.50 bits per heavy atom. The van der Waals surface area contributed by atoms with E-state index in [9.17, 15) is 19.5 Å². The van der Waals surface area contributed by atoms with Crippen molar-refractivity contribution >= 4 is 17.6 Å². The number of carbonyl (C=O) groups excluding carboxylic acids is 2. The van der Waals surface area contributed by atoms with Crippen LogP contribution in [0.5, 0.6) is 5.75 Å². The van der Waals surface area contributed by atoms with Crippen LogP contribution >= 0.6 is 0 Å². The molecule has 0 bridgehead atoms. The van der Waals surface area contributed by atoms with E-state index in [4.69, 9.17) is 4.74 Å². The number of nitrogens with one attached hydrogen (secondary N) is 2. The third-order valence-corrected chi connectivity index (χ3v) is 5.59. The number of hydrogen-bond donors (Lipinski definition) is 3. The van der Waals surface area contributed by atoms with Crippen molar-refractivity contribution < 1.29 is 19.4 Å². The Kier molecular flexibility index (Phi) is 4.66. The Labute approximate surface area is 161 Å². The number of anilines is 1. The molecule has 1 unspecified atom stereocenters. The first kappa shape index (κ1) is 18.3. The van der Waals surface area contributed by atoms with Gasteiger partial charge in [-0.3, -0.25) is 9.59 Å². The molecular formula is C21H22N2O5. The van der Waals surface area contributed by atoms with Crippen molar-refractivity contribution in [2.45, 2.75) is 51.0 Å². The first-order chi connectivity index (χ1) is 13.5. The molecule has 1 aromatic heterocycles. The van der Waals surface area contributed by atoms with E-state index in [1.54, 1.807) is 19.1 Å². The fraction of sp³-hybridized carbons (Fsp3) is 0.381. The van der Waals surface area contributed by atoms with Gasteiger partial charge in [0, 0.05) is 5.69 Å². The van der Waals surface area contributed by atoms with Crippen LogP contribution in [0.2, 0.25) is 0 Å². The summed E-state index contributed by atoms with van der Waals surface area (Å²) in [5.74, 6) is -1.42. The third kappa shape index (κ3) is 3.17. The van der Waals surface area contributed by atoms with Crippen molar-refractivity contribution in [2.24, 2.45) is 0 Å². The zero-order valence-corrected chi connectivity index (χ0v) is 15.6. The van der Waals surface area contributed by atoms with Gasteiger partial charge in [0.15, 0.2) is 0 Å². The highest BCUT2D eigenvalue weighted by atomic mass is 16.5. The van der Waals surface area contributed by atoms with E-state index in [0.29, 0.717) is 11.6 Å². The second kappa shape index (κ2) is 7.14. The van der Waals surface area contributed by atoms with Crippen LogP contribution in [0.25, 0.3) is 0 Å². The smallest absolute Gasteiger partial charge is 0.356 e. The van der Waals surface area contributed by atoms with Crippen molar-refractivity contribution in [3.05, 3.63) is 57.0 Å². The van der Waals surface area contributed by atoms with Gasteiger partial charge in [0.1, 0.15) is 23.1 Å². The summed E-state index contributed by atoms with van der Waals surface area (Å²) in [5.41, 5.74) is 0.536. The lowest BCUT2D eigenvalue weighted by Gasteiger charge is -2.22. The number of cyclic esters (lactones) is 1. The van der Waals surface area contributed by atoms with Gasteiger partial charge in [-0.05, 0) is 43.4 Å². The summed E-state index contributed by atoms with van der Waals surface area (Å²) in [6.07, 6.45) is 5.41. The monoisotopic (exact) mass is 382 g/mol. The Balaban J connectivity index is 1.57. The fourth-order valence-corrected chi connectivity index (χ4v) is 4.12.